The summed E-state index contributed by atoms with van der Waals surface area (Å²) in [6.07, 6.45) is 4.46. The van der Waals surface area contributed by atoms with Crippen LogP contribution in [0.25, 0.3) is 33.4 Å². The van der Waals surface area contributed by atoms with Gasteiger partial charge in [-0.1, -0.05) is 52.0 Å². The van der Waals surface area contributed by atoms with Crippen molar-refractivity contribution in [3.63, 3.8) is 0 Å². The number of carbonyl (C=O) groups is 4. The van der Waals surface area contributed by atoms with Crippen molar-refractivity contribution in [3.05, 3.63) is 83.6 Å². The predicted octanol–water partition coefficient (Wildman–Crippen LogP) is 7.40. The summed E-state index contributed by atoms with van der Waals surface area (Å²) in [6, 6.07) is 16.7. The molecule has 3 aliphatic heterocycles. The Morgan fingerprint density at radius 2 is 1.32 bits per heavy atom. The molecule has 0 saturated carbocycles. The van der Waals surface area contributed by atoms with E-state index in [2.05, 4.69) is 57.0 Å². The van der Waals surface area contributed by atoms with Crippen LogP contribution in [0.5, 0.6) is 11.5 Å². The maximum atomic E-state index is 13.7. The average Bonchev–Trinajstić information content (AvgIpc) is 4.09. The number of likely N-dealkylation sites (tertiary alicyclic amines) is 2. The summed E-state index contributed by atoms with van der Waals surface area (Å²) in [5.74, 6) is 2.50. The number of carbonyl (C=O) groups excluding carboxylic acids is 4. The van der Waals surface area contributed by atoms with Gasteiger partial charge in [0.2, 0.25) is 11.8 Å². The minimum Gasteiger partial charge on any atom is -0.457 e. The van der Waals surface area contributed by atoms with Crippen LogP contribution in [0.2, 0.25) is 0 Å². The first kappa shape index (κ1) is 40.4. The highest BCUT2D eigenvalue weighted by molar-refractivity contribution is 5.88. The number of rotatable bonds is 10. The summed E-state index contributed by atoms with van der Waals surface area (Å²) in [5.41, 5.74) is 7.67. The van der Waals surface area contributed by atoms with Gasteiger partial charge in [0.05, 0.1) is 49.2 Å². The minimum absolute atomic E-state index is 0.113. The SMILES string of the molecule is COC(=O)N[C@H](C(=O)N1CCC[C@H]1c1ncc(-c2ccc3c(c2)Oc2ccc(-c4ccc5nc([C@@H]6CCCN6C(=O)[C@@H](NC(=O)OC)C(C)C)[nH]c5c4)cc2C3)[nH]1)C(C)C. The van der Waals surface area contributed by atoms with Gasteiger partial charge in [0.25, 0.3) is 0 Å². The van der Waals surface area contributed by atoms with E-state index in [0.717, 1.165) is 87.6 Å². The number of hydrogen-bond donors (Lipinski definition) is 4. The summed E-state index contributed by atoms with van der Waals surface area (Å²) in [5, 5.41) is 5.41. The second-order valence-corrected chi connectivity index (χ2v) is 16.6. The van der Waals surface area contributed by atoms with Crippen LogP contribution in [0, 0.1) is 11.8 Å². The second-order valence-electron chi connectivity index (χ2n) is 16.6. The van der Waals surface area contributed by atoms with Gasteiger partial charge in [-0.3, -0.25) is 9.59 Å². The van der Waals surface area contributed by atoms with Gasteiger partial charge in [-0.25, -0.2) is 19.6 Å². The number of H-pyrrole nitrogens is 2. The molecule has 15 nitrogen and oxygen atoms in total. The third-order valence-corrected chi connectivity index (χ3v) is 12.0. The maximum absolute atomic E-state index is 13.7. The van der Waals surface area contributed by atoms with E-state index < -0.39 is 24.3 Å². The minimum atomic E-state index is -0.700. The fourth-order valence-corrected chi connectivity index (χ4v) is 8.69. The van der Waals surface area contributed by atoms with E-state index in [9.17, 15) is 19.2 Å². The molecule has 5 heterocycles. The molecule has 15 heteroatoms. The Bertz CT molecular complexity index is 2440. The zero-order valence-corrected chi connectivity index (χ0v) is 34.8. The molecule has 2 saturated heterocycles. The summed E-state index contributed by atoms with van der Waals surface area (Å²) < 4.78 is 16.0. The first-order valence-corrected chi connectivity index (χ1v) is 20.7. The van der Waals surface area contributed by atoms with Gasteiger partial charge in [0.15, 0.2) is 0 Å². The molecule has 0 spiro atoms. The number of amides is 4. The Morgan fingerprint density at radius 1 is 0.717 bits per heavy atom. The van der Waals surface area contributed by atoms with E-state index in [1.807, 2.05) is 50.8 Å². The molecule has 0 bridgehead atoms. The lowest BCUT2D eigenvalue weighted by atomic mass is 9.95. The third kappa shape index (κ3) is 7.87. The van der Waals surface area contributed by atoms with Crippen molar-refractivity contribution in [3.8, 4) is 33.9 Å². The number of aromatic amines is 2. The zero-order chi connectivity index (χ0) is 42.2. The van der Waals surface area contributed by atoms with Crippen LogP contribution in [-0.4, -0.2) is 93.1 Å². The Labute approximate surface area is 348 Å². The Kier molecular flexibility index (Phi) is 11.2. The predicted molar refractivity (Wildman–Crippen MR) is 224 cm³/mol. The molecule has 2 fully saturated rings. The number of benzene rings is 3. The highest BCUT2D eigenvalue weighted by Gasteiger charge is 2.39. The van der Waals surface area contributed by atoms with E-state index in [4.69, 9.17) is 24.2 Å². The second kappa shape index (κ2) is 16.7. The van der Waals surface area contributed by atoms with Crippen molar-refractivity contribution in [1.82, 2.24) is 40.4 Å². The highest BCUT2D eigenvalue weighted by atomic mass is 16.5. The van der Waals surface area contributed by atoms with Gasteiger partial charge in [-0.05, 0) is 90.1 Å². The zero-order valence-electron chi connectivity index (χ0n) is 34.8. The lowest BCUT2D eigenvalue weighted by Crippen LogP contribution is -2.51. The lowest BCUT2D eigenvalue weighted by molar-refractivity contribution is -0.136. The van der Waals surface area contributed by atoms with E-state index in [-0.39, 0.29) is 35.7 Å². The molecule has 0 aliphatic carbocycles. The largest absolute Gasteiger partial charge is 0.457 e. The number of ether oxygens (including phenoxy) is 3. The van der Waals surface area contributed by atoms with Gasteiger partial charge in [-0.2, -0.15) is 0 Å². The Balaban J connectivity index is 0.961. The summed E-state index contributed by atoms with van der Waals surface area (Å²) in [6.45, 7) is 8.78. The molecule has 0 radical (unpaired) electrons. The molecule has 4 amide bonds. The number of alkyl carbamates (subject to hydrolysis) is 2. The summed E-state index contributed by atoms with van der Waals surface area (Å²) in [7, 11) is 2.58. The van der Waals surface area contributed by atoms with Crippen molar-refractivity contribution in [2.24, 2.45) is 11.8 Å². The quantitative estimate of drug-likeness (QED) is 0.109. The Morgan fingerprint density at radius 3 is 1.95 bits per heavy atom. The van der Waals surface area contributed by atoms with Crippen molar-refractivity contribution in [1.29, 1.82) is 0 Å². The van der Waals surface area contributed by atoms with Crippen molar-refractivity contribution < 1.29 is 33.4 Å². The van der Waals surface area contributed by atoms with E-state index in [1.54, 1.807) is 11.1 Å². The molecule has 4 N–H and O–H groups in total. The topological polar surface area (TPSA) is 184 Å². The van der Waals surface area contributed by atoms with Crippen LogP contribution in [-0.2, 0) is 25.5 Å². The summed E-state index contributed by atoms with van der Waals surface area (Å²) >= 11 is 0. The third-order valence-electron chi connectivity index (χ3n) is 12.0. The number of methoxy groups -OCH3 is 2. The first-order valence-electron chi connectivity index (χ1n) is 20.7. The number of imidazole rings is 2. The number of fused-ring (bicyclic) bond motifs is 3. The molecule has 3 aromatic carbocycles. The first-order chi connectivity index (χ1) is 28.9. The van der Waals surface area contributed by atoms with Crippen LogP contribution in [0.3, 0.4) is 0 Å². The van der Waals surface area contributed by atoms with E-state index in [0.29, 0.717) is 25.3 Å². The van der Waals surface area contributed by atoms with E-state index >= 15 is 0 Å². The molecule has 314 valence electrons. The van der Waals surface area contributed by atoms with Crippen LogP contribution in [0.4, 0.5) is 9.59 Å². The maximum Gasteiger partial charge on any atom is 0.407 e. The molecular formula is C45H52N8O7. The van der Waals surface area contributed by atoms with Crippen molar-refractivity contribution in [2.75, 3.05) is 27.3 Å². The smallest absolute Gasteiger partial charge is 0.407 e. The monoisotopic (exact) mass is 816 g/mol. The van der Waals surface area contributed by atoms with Crippen molar-refractivity contribution >= 4 is 35.0 Å². The fourth-order valence-electron chi connectivity index (χ4n) is 8.69. The van der Waals surface area contributed by atoms with Crippen LogP contribution < -0.4 is 15.4 Å². The molecular weight excluding hydrogens is 765 g/mol. The van der Waals surface area contributed by atoms with Gasteiger partial charge < -0.3 is 44.6 Å². The van der Waals surface area contributed by atoms with Gasteiger partial charge in [0, 0.05) is 25.1 Å². The highest BCUT2D eigenvalue weighted by Crippen LogP contribution is 2.41. The fraction of sp³-hybridized carbons (Fsp3) is 0.422. The van der Waals surface area contributed by atoms with Crippen LogP contribution in [0.15, 0.2) is 60.8 Å². The van der Waals surface area contributed by atoms with Crippen molar-refractivity contribution in [2.45, 2.75) is 84.0 Å². The Hall–Kier alpha value is -6.38. The number of nitrogens with zero attached hydrogens (tertiary/aromatic N) is 4. The lowest BCUT2D eigenvalue weighted by Gasteiger charge is -2.30. The summed E-state index contributed by atoms with van der Waals surface area (Å²) in [4.78, 5) is 71.5. The molecule has 4 atom stereocenters. The normalized spacial score (nSPS) is 18.2. The number of nitrogens with one attached hydrogen (secondary N) is 4. The van der Waals surface area contributed by atoms with E-state index in [1.165, 1.54) is 14.2 Å². The molecule has 0 unspecified atom stereocenters. The number of hydrogen-bond acceptors (Lipinski definition) is 9. The standard InChI is InChI=1S/C45H52N8O7/c1-24(2)38(50-44(56)58-5)42(54)52-17-7-9-34(52)40-46-23-33(49-40)28-11-12-29-20-30-19-26(14-16-36(30)60-37(29)22-28)27-13-15-31-32(21-27)48-41(47-31)35-10-8-18-53(35)43(55)39(25(3)4)51-45(57)59-6/h11-16,19,21-25,34-35,38-39H,7-10,17-18,20H2,1-6H3,(H,46,49)(H,47,48)(H,50,56)(H,51,57)/t34-,35-,38-,39-/m0/s1. The van der Waals surface area contributed by atoms with Gasteiger partial charge in [0.1, 0.15) is 35.2 Å². The number of aromatic nitrogens is 4. The van der Waals surface area contributed by atoms with Gasteiger partial charge >= 0.3 is 12.2 Å². The molecule has 60 heavy (non-hydrogen) atoms. The van der Waals surface area contributed by atoms with Crippen LogP contribution >= 0.6 is 0 Å². The van der Waals surface area contributed by atoms with Gasteiger partial charge in [-0.15, -0.1) is 0 Å². The molecule has 3 aliphatic rings. The molecule has 5 aromatic rings. The van der Waals surface area contributed by atoms with Crippen LogP contribution in [0.1, 0.15) is 88.2 Å². The molecule has 2 aromatic heterocycles. The average molecular weight is 817 g/mol. The molecule has 8 rings (SSSR count).